The quantitative estimate of drug-likeness (QED) is 0.813. The van der Waals surface area contributed by atoms with Crippen molar-refractivity contribution in [1.29, 1.82) is 0 Å². The van der Waals surface area contributed by atoms with Crippen molar-refractivity contribution in [3.05, 3.63) is 34.1 Å². The number of rotatable bonds is 3. The first-order valence-corrected chi connectivity index (χ1v) is 8.39. The smallest absolute Gasteiger partial charge is 0.255 e. The standard InChI is InChI=1S/C16H21BrFN3O2.ClH/c1-10(2)14(19)16(23)21-7-5-20(6-8-21)15(22)12-4-3-11(18)9-13(12)17;/h3-4,9-10,14H,5-8,19H2,1-2H3;1H/t14-;/m0./s1. The fourth-order valence-electron chi connectivity index (χ4n) is 2.46. The summed E-state index contributed by atoms with van der Waals surface area (Å²) in [4.78, 5) is 28.1. The lowest BCUT2D eigenvalue weighted by molar-refractivity contribution is -0.135. The molecule has 0 aliphatic carbocycles. The topological polar surface area (TPSA) is 66.6 Å². The summed E-state index contributed by atoms with van der Waals surface area (Å²) in [6, 6.07) is 3.49. The van der Waals surface area contributed by atoms with Crippen molar-refractivity contribution in [2.75, 3.05) is 26.2 Å². The van der Waals surface area contributed by atoms with Crippen LogP contribution >= 0.6 is 28.3 Å². The molecular weight excluding hydrogens is 401 g/mol. The Bertz CT molecular complexity index is 607. The van der Waals surface area contributed by atoms with E-state index in [0.29, 0.717) is 36.2 Å². The van der Waals surface area contributed by atoms with Crippen LogP contribution < -0.4 is 5.73 Å². The van der Waals surface area contributed by atoms with Crippen LogP contribution in [0.1, 0.15) is 24.2 Å². The van der Waals surface area contributed by atoms with Crippen LogP contribution in [0.25, 0.3) is 0 Å². The van der Waals surface area contributed by atoms with Gasteiger partial charge in [0.1, 0.15) is 5.82 Å². The highest BCUT2D eigenvalue weighted by Gasteiger charge is 2.29. The number of halogens is 3. The van der Waals surface area contributed by atoms with E-state index in [4.69, 9.17) is 5.73 Å². The predicted molar refractivity (Wildman–Crippen MR) is 96.6 cm³/mol. The van der Waals surface area contributed by atoms with E-state index in [-0.39, 0.29) is 30.1 Å². The summed E-state index contributed by atoms with van der Waals surface area (Å²) >= 11 is 3.22. The minimum atomic E-state index is -0.511. The molecule has 1 fully saturated rings. The first kappa shape index (κ1) is 20.9. The molecule has 8 heteroatoms. The maximum absolute atomic E-state index is 13.1. The van der Waals surface area contributed by atoms with E-state index >= 15 is 0 Å². The molecule has 1 heterocycles. The Hall–Kier alpha value is -1.18. The summed E-state index contributed by atoms with van der Waals surface area (Å²) in [5, 5.41) is 0. The van der Waals surface area contributed by atoms with Crippen LogP contribution in [-0.2, 0) is 4.79 Å². The molecule has 0 saturated carbocycles. The molecule has 0 unspecified atom stereocenters. The molecule has 0 aromatic heterocycles. The molecule has 1 aromatic rings. The molecule has 2 N–H and O–H groups in total. The van der Waals surface area contributed by atoms with Gasteiger partial charge in [0.25, 0.3) is 5.91 Å². The molecule has 5 nitrogen and oxygen atoms in total. The van der Waals surface area contributed by atoms with Gasteiger partial charge in [-0.2, -0.15) is 0 Å². The number of amides is 2. The molecule has 2 amide bonds. The highest BCUT2D eigenvalue weighted by atomic mass is 79.9. The first-order valence-electron chi connectivity index (χ1n) is 7.60. The van der Waals surface area contributed by atoms with Crippen LogP contribution in [0.5, 0.6) is 0 Å². The Balaban J connectivity index is 0.00000288. The van der Waals surface area contributed by atoms with Gasteiger partial charge in [-0.15, -0.1) is 12.4 Å². The summed E-state index contributed by atoms with van der Waals surface area (Å²) in [5.41, 5.74) is 6.32. The highest BCUT2D eigenvalue weighted by molar-refractivity contribution is 9.10. The summed E-state index contributed by atoms with van der Waals surface area (Å²) in [6.45, 7) is 5.63. The van der Waals surface area contributed by atoms with Gasteiger partial charge in [0.15, 0.2) is 0 Å². The maximum atomic E-state index is 13.1. The van der Waals surface area contributed by atoms with Crippen molar-refractivity contribution in [2.45, 2.75) is 19.9 Å². The number of benzene rings is 1. The molecular formula is C16H22BrClFN3O2. The third kappa shape index (κ3) is 4.68. The van der Waals surface area contributed by atoms with Crippen molar-refractivity contribution in [1.82, 2.24) is 9.80 Å². The van der Waals surface area contributed by atoms with Gasteiger partial charge < -0.3 is 15.5 Å². The number of carbonyl (C=O) groups is 2. The van der Waals surface area contributed by atoms with Crippen molar-refractivity contribution in [2.24, 2.45) is 11.7 Å². The third-order valence-electron chi connectivity index (χ3n) is 4.04. The van der Waals surface area contributed by atoms with Crippen LogP contribution in [0.2, 0.25) is 0 Å². The van der Waals surface area contributed by atoms with E-state index in [0.717, 1.165) is 0 Å². The van der Waals surface area contributed by atoms with Gasteiger partial charge in [0, 0.05) is 30.7 Å². The molecule has 1 aromatic carbocycles. The second-order valence-corrected chi connectivity index (χ2v) is 6.87. The molecule has 1 aliphatic rings. The Kier molecular flexibility index (Phi) is 7.63. The van der Waals surface area contributed by atoms with Gasteiger partial charge in [-0.05, 0) is 40.0 Å². The zero-order valence-electron chi connectivity index (χ0n) is 13.7. The molecule has 24 heavy (non-hydrogen) atoms. The fourth-order valence-corrected chi connectivity index (χ4v) is 2.98. The normalized spacial score (nSPS) is 15.9. The van der Waals surface area contributed by atoms with Gasteiger partial charge in [0.2, 0.25) is 5.91 Å². The first-order chi connectivity index (χ1) is 10.8. The lowest BCUT2D eigenvalue weighted by atomic mass is 10.0. The lowest BCUT2D eigenvalue weighted by Crippen LogP contribution is -2.55. The van der Waals surface area contributed by atoms with Crippen LogP contribution in [-0.4, -0.2) is 53.8 Å². The highest BCUT2D eigenvalue weighted by Crippen LogP contribution is 2.20. The average Bonchev–Trinajstić information content (AvgIpc) is 2.53. The fraction of sp³-hybridized carbons (Fsp3) is 0.500. The van der Waals surface area contributed by atoms with Crippen molar-refractivity contribution >= 4 is 40.2 Å². The van der Waals surface area contributed by atoms with Gasteiger partial charge >= 0.3 is 0 Å². The minimum Gasteiger partial charge on any atom is -0.338 e. The number of carbonyl (C=O) groups excluding carboxylic acids is 2. The largest absolute Gasteiger partial charge is 0.338 e. The molecule has 1 aliphatic heterocycles. The van der Waals surface area contributed by atoms with Crippen LogP contribution in [0, 0.1) is 11.7 Å². The van der Waals surface area contributed by atoms with E-state index in [1.807, 2.05) is 13.8 Å². The number of nitrogens with two attached hydrogens (primary N) is 1. The molecule has 1 atom stereocenters. The molecule has 0 bridgehead atoms. The van der Waals surface area contributed by atoms with Gasteiger partial charge in [-0.25, -0.2) is 4.39 Å². The SMILES string of the molecule is CC(C)[C@H](N)C(=O)N1CCN(C(=O)c2ccc(F)cc2Br)CC1.Cl. The van der Waals surface area contributed by atoms with E-state index < -0.39 is 11.9 Å². The van der Waals surface area contributed by atoms with E-state index in [9.17, 15) is 14.0 Å². The summed E-state index contributed by atoms with van der Waals surface area (Å²) in [6.07, 6.45) is 0. The average molecular weight is 423 g/mol. The van der Waals surface area contributed by atoms with Crippen LogP contribution in [0.3, 0.4) is 0 Å². The number of piperazine rings is 1. The molecule has 0 radical (unpaired) electrons. The van der Waals surface area contributed by atoms with Crippen molar-refractivity contribution in [3.63, 3.8) is 0 Å². The van der Waals surface area contributed by atoms with Gasteiger partial charge in [-0.1, -0.05) is 13.8 Å². The summed E-state index contributed by atoms with van der Waals surface area (Å²) in [7, 11) is 0. The van der Waals surface area contributed by atoms with Crippen molar-refractivity contribution < 1.29 is 14.0 Å². The Morgan fingerprint density at radius 1 is 1.17 bits per heavy atom. The number of hydrogen-bond donors (Lipinski definition) is 1. The zero-order valence-corrected chi connectivity index (χ0v) is 16.1. The van der Waals surface area contributed by atoms with Crippen LogP contribution in [0.4, 0.5) is 4.39 Å². The van der Waals surface area contributed by atoms with Gasteiger partial charge in [-0.3, -0.25) is 9.59 Å². The third-order valence-corrected chi connectivity index (χ3v) is 4.70. The molecule has 0 spiro atoms. The molecule has 2 rings (SSSR count). The zero-order chi connectivity index (χ0) is 17.1. The van der Waals surface area contributed by atoms with Crippen molar-refractivity contribution in [3.8, 4) is 0 Å². The summed E-state index contributed by atoms with van der Waals surface area (Å²) < 4.78 is 13.6. The lowest BCUT2D eigenvalue weighted by Gasteiger charge is -2.36. The summed E-state index contributed by atoms with van der Waals surface area (Å²) in [5.74, 6) is -0.559. The number of nitrogens with zero attached hydrogens (tertiary/aromatic N) is 2. The molecule has 1 saturated heterocycles. The monoisotopic (exact) mass is 421 g/mol. The number of hydrogen-bond acceptors (Lipinski definition) is 3. The Morgan fingerprint density at radius 2 is 1.71 bits per heavy atom. The second kappa shape index (κ2) is 8.78. The predicted octanol–water partition coefficient (Wildman–Crippen LogP) is 2.28. The van der Waals surface area contributed by atoms with E-state index in [1.165, 1.54) is 18.2 Å². The maximum Gasteiger partial charge on any atom is 0.255 e. The van der Waals surface area contributed by atoms with E-state index in [1.54, 1.807) is 9.80 Å². The molecule has 134 valence electrons. The van der Waals surface area contributed by atoms with Crippen LogP contribution in [0.15, 0.2) is 22.7 Å². The van der Waals surface area contributed by atoms with E-state index in [2.05, 4.69) is 15.9 Å². The minimum absolute atomic E-state index is 0. The van der Waals surface area contributed by atoms with Gasteiger partial charge in [0.05, 0.1) is 11.6 Å². The second-order valence-electron chi connectivity index (χ2n) is 6.01. The Labute approximate surface area is 155 Å². The Morgan fingerprint density at radius 3 is 2.21 bits per heavy atom.